The van der Waals surface area contributed by atoms with Crippen molar-refractivity contribution in [3.8, 4) is 0 Å². The zero-order chi connectivity index (χ0) is 17.8. The molecule has 0 unspecified atom stereocenters. The van der Waals surface area contributed by atoms with Crippen molar-refractivity contribution in [1.82, 2.24) is 21.7 Å². The lowest BCUT2D eigenvalue weighted by Gasteiger charge is -2.45. The Morgan fingerprint density at radius 3 is 2.84 bits per heavy atom. The number of ether oxygens (including phenoxy) is 1. The molecule has 10 heteroatoms. The van der Waals surface area contributed by atoms with Crippen LogP contribution in [0.4, 0.5) is 13.2 Å². The van der Waals surface area contributed by atoms with Crippen molar-refractivity contribution in [2.75, 3.05) is 6.61 Å². The molecule has 136 valence electrons. The van der Waals surface area contributed by atoms with Gasteiger partial charge in [-0.15, -0.1) is 11.3 Å². The molecule has 0 bridgehead atoms. The summed E-state index contributed by atoms with van der Waals surface area (Å²) in [5.41, 5.74) is 8.65. The second-order valence-electron chi connectivity index (χ2n) is 6.58. The van der Waals surface area contributed by atoms with Crippen LogP contribution in [0.3, 0.4) is 0 Å². The molecule has 0 aromatic carbocycles. The molecule has 3 aliphatic rings. The summed E-state index contributed by atoms with van der Waals surface area (Å²) >= 11 is 0.628. The van der Waals surface area contributed by atoms with Gasteiger partial charge >= 0.3 is 6.18 Å². The van der Waals surface area contributed by atoms with Crippen molar-refractivity contribution >= 4 is 17.1 Å². The quantitative estimate of drug-likeness (QED) is 0.601. The number of fused-ring (bicyclic) bond motifs is 2. The Morgan fingerprint density at radius 2 is 2.16 bits per heavy atom. The smallest absolute Gasteiger partial charge is 0.361 e. The summed E-state index contributed by atoms with van der Waals surface area (Å²) in [7, 11) is 0. The molecule has 1 saturated heterocycles. The first-order valence-electron chi connectivity index (χ1n) is 7.90. The van der Waals surface area contributed by atoms with E-state index in [4.69, 9.17) is 4.74 Å². The van der Waals surface area contributed by atoms with Gasteiger partial charge in [-0.2, -0.15) is 18.7 Å². The van der Waals surface area contributed by atoms with Crippen LogP contribution in [0.25, 0.3) is 0 Å². The average molecular weight is 374 g/mol. The van der Waals surface area contributed by atoms with Gasteiger partial charge in [-0.3, -0.25) is 4.79 Å². The minimum absolute atomic E-state index is 0.0135. The van der Waals surface area contributed by atoms with Crippen molar-refractivity contribution in [3.63, 3.8) is 0 Å². The summed E-state index contributed by atoms with van der Waals surface area (Å²) in [5, 5.41) is 3.42. The summed E-state index contributed by atoms with van der Waals surface area (Å²) in [4.78, 5) is 11.8. The van der Waals surface area contributed by atoms with Crippen LogP contribution in [-0.4, -0.2) is 24.5 Å². The molecule has 0 saturated carbocycles. The van der Waals surface area contributed by atoms with Crippen molar-refractivity contribution < 1.29 is 22.7 Å². The Hall–Kier alpha value is -1.62. The molecule has 0 aliphatic carbocycles. The molecule has 1 fully saturated rings. The predicted octanol–water partition coefficient (Wildman–Crippen LogP) is 1.77. The van der Waals surface area contributed by atoms with Gasteiger partial charge in [0.25, 0.3) is 0 Å². The second kappa shape index (κ2) is 5.70. The Balaban J connectivity index is 1.75. The molecular formula is C15H17F3N4O2S. The van der Waals surface area contributed by atoms with Gasteiger partial charge < -0.3 is 20.9 Å². The minimum Gasteiger partial charge on any atom is -0.361 e. The van der Waals surface area contributed by atoms with Crippen LogP contribution in [0, 0.1) is 0 Å². The number of alkyl halides is 3. The summed E-state index contributed by atoms with van der Waals surface area (Å²) in [6, 6.07) is 0.855. The van der Waals surface area contributed by atoms with Crippen molar-refractivity contribution in [1.29, 1.82) is 0 Å². The maximum atomic E-state index is 13.2. The Kier molecular flexibility index (Phi) is 3.83. The fraction of sp³-hybridized carbons (Fsp3) is 0.533. The number of hydrogen-bond acceptors (Lipinski definition) is 7. The van der Waals surface area contributed by atoms with Crippen LogP contribution >= 0.6 is 11.3 Å². The number of thiophene rings is 1. The van der Waals surface area contributed by atoms with E-state index in [1.807, 2.05) is 6.92 Å². The van der Waals surface area contributed by atoms with Gasteiger partial charge in [0, 0.05) is 29.1 Å². The molecule has 6 nitrogen and oxygen atoms in total. The number of halogens is 3. The van der Waals surface area contributed by atoms with Gasteiger partial charge in [-0.05, 0) is 19.4 Å². The van der Waals surface area contributed by atoms with E-state index in [2.05, 4.69) is 21.7 Å². The van der Waals surface area contributed by atoms with Crippen LogP contribution in [-0.2, 0) is 16.5 Å². The molecule has 0 amide bonds. The number of Topliss-reactive ketones (excluding diaryl/α,β-unsaturated/α-hetero) is 1. The molecule has 4 rings (SSSR count). The highest BCUT2D eigenvalue weighted by Gasteiger charge is 2.50. The summed E-state index contributed by atoms with van der Waals surface area (Å²) < 4.78 is 45.4. The van der Waals surface area contributed by atoms with E-state index in [0.29, 0.717) is 29.1 Å². The Labute approximate surface area is 145 Å². The summed E-state index contributed by atoms with van der Waals surface area (Å²) in [6.07, 6.45) is -1.76. The van der Waals surface area contributed by atoms with Gasteiger partial charge in [0.05, 0.1) is 11.7 Å². The SMILES string of the molecule is C[C@H]1C[C@@]2(C[C@@H](C3=CNNN3)N1)OCC(=O)c1cc(C(F)(F)F)sc12. The lowest BCUT2D eigenvalue weighted by molar-refractivity contribution is -0.134. The number of nitrogens with one attached hydrogen (secondary N) is 4. The lowest BCUT2D eigenvalue weighted by atomic mass is 9.79. The second-order valence-corrected chi connectivity index (χ2v) is 7.63. The molecule has 3 atom stereocenters. The largest absolute Gasteiger partial charge is 0.425 e. The van der Waals surface area contributed by atoms with E-state index >= 15 is 0 Å². The zero-order valence-corrected chi connectivity index (χ0v) is 14.1. The normalized spacial score (nSPS) is 32.2. The minimum atomic E-state index is -4.47. The first-order valence-corrected chi connectivity index (χ1v) is 8.71. The Bertz CT molecular complexity index is 748. The molecule has 4 N–H and O–H groups in total. The first kappa shape index (κ1) is 16.8. The molecule has 1 aromatic rings. The van der Waals surface area contributed by atoms with E-state index < -0.39 is 22.4 Å². The van der Waals surface area contributed by atoms with Crippen molar-refractivity contribution in [2.24, 2.45) is 0 Å². The number of hydrazine groups is 2. The highest BCUT2D eigenvalue weighted by atomic mass is 32.1. The third-order valence-corrected chi connectivity index (χ3v) is 6.11. The van der Waals surface area contributed by atoms with Gasteiger partial charge in [-0.1, -0.05) is 0 Å². The Morgan fingerprint density at radius 1 is 1.36 bits per heavy atom. The zero-order valence-electron chi connectivity index (χ0n) is 13.3. The number of carbonyl (C=O) groups excluding carboxylic acids is 1. The van der Waals surface area contributed by atoms with Crippen molar-refractivity contribution in [3.05, 3.63) is 33.3 Å². The fourth-order valence-corrected chi connectivity index (χ4v) is 4.95. The molecule has 0 radical (unpaired) electrons. The van der Waals surface area contributed by atoms with Crippen LogP contribution in [0.15, 0.2) is 18.0 Å². The molecular weight excluding hydrogens is 357 g/mol. The third kappa shape index (κ3) is 2.82. The highest BCUT2D eigenvalue weighted by molar-refractivity contribution is 7.12. The van der Waals surface area contributed by atoms with E-state index in [1.54, 1.807) is 6.20 Å². The number of hydrogen-bond donors (Lipinski definition) is 4. The molecule has 4 heterocycles. The average Bonchev–Trinajstić information content (AvgIpc) is 3.20. The van der Waals surface area contributed by atoms with Crippen molar-refractivity contribution in [2.45, 2.75) is 43.6 Å². The van der Waals surface area contributed by atoms with Gasteiger partial charge in [-0.25, -0.2) is 0 Å². The van der Waals surface area contributed by atoms with E-state index in [1.165, 1.54) is 0 Å². The van der Waals surface area contributed by atoms with Crippen LogP contribution in [0.2, 0.25) is 0 Å². The van der Waals surface area contributed by atoms with Gasteiger partial charge in [0.15, 0.2) is 5.78 Å². The highest BCUT2D eigenvalue weighted by Crippen LogP contribution is 2.49. The molecule has 1 aromatic heterocycles. The first-order chi connectivity index (χ1) is 11.8. The summed E-state index contributed by atoms with van der Waals surface area (Å²) in [6.45, 7) is 1.77. The molecule has 25 heavy (non-hydrogen) atoms. The van der Waals surface area contributed by atoms with Crippen LogP contribution in [0.1, 0.15) is 39.9 Å². The lowest BCUT2D eigenvalue weighted by Crippen LogP contribution is -2.55. The third-order valence-electron chi connectivity index (χ3n) is 4.74. The van der Waals surface area contributed by atoms with E-state index in [9.17, 15) is 18.0 Å². The molecule has 1 spiro atoms. The van der Waals surface area contributed by atoms with Crippen LogP contribution < -0.4 is 21.7 Å². The topological polar surface area (TPSA) is 74.4 Å². The predicted molar refractivity (Wildman–Crippen MR) is 84.4 cm³/mol. The number of rotatable bonds is 1. The maximum Gasteiger partial charge on any atom is 0.425 e. The maximum absolute atomic E-state index is 13.2. The summed E-state index contributed by atoms with van der Waals surface area (Å²) in [5.74, 6) is -0.392. The van der Waals surface area contributed by atoms with Gasteiger partial charge in [0.2, 0.25) is 0 Å². The number of carbonyl (C=O) groups is 1. The number of piperidine rings is 1. The van der Waals surface area contributed by atoms with E-state index in [0.717, 1.165) is 11.8 Å². The van der Waals surface area contributed by atoms with Crippen LogP contribution in [0.5, 0.6) is 0 Å². The van der Waals surface area contributed by atoms with E-state index in [-0.39, 0.29) is 24.3 Å². The monoisotopic (exact) mass is 374 g/mol. The standard InChI is InChI=1S/C15H17F3N4O2S/c1-7-3-14(4-9(20-7)10-5-19-22-21-10)13-8(11(23)6-24-14)2-12(25-13)15(16,17)18/h2,5,7,9,19-22H,3-4,6H2,1H3/t7-,9-,14-/m0/s1. The van der Waals surface area contributed by atoms with Gasteiger partial charge in [0.1, 0.15) is 17.1 Å². The molecule has 3 aliphatic heterocycles. The fourth-order valence-electron chi connectivity index (χ4n) is 3.74. The number of ketones is 1.